The predicted molar refractivity (Wildman–Crippen MR) is 95.9 cm³/mol. The molecule has 0 spiro atoms. The van der Waals surface area contributed by atoms with Gasteiger partial charge >= 0.3 is 6.03 Å². The van der Waals surface area contributed by atoms with Crippen molar-refractivity contribution in [2.45, 2.75) is 38.1 Å². The number of nitrogens with zero attached hydrogens (tertiary/aromatic N) is 2. The fourth-order valence-corrected chi connectivity index (χ4v) is 3.58. The number of carbonyl (C=O) groups excluding carboxylic acids is 2. The van der Waals surface area contributed by atoms with Crippen molar-refractivity contribution >= 4 is 11.9 Å². The minimum absolute atomic E-state index is 0.0145. The maximum absolute atomic E-state index is 12.7. The van der Waals surface area contributed by atoms with Gasteiger partial charge in [0.2, 0.25) is 0 Å². The normalized spacial score (nSPS) is 18.8. The molecule has 1 aromatic carbocycles. The van der Waals surface area contributed by atoms with Gasteiger partial charge in [-0.15, -0.1) is 0 Å². The van der Waals surface area contributed by atoms with E-state index in [1.54, 1.807) is 31.4 Å². The lowest BCUT2D eigenvalue weighted by Crippen LogP contribution is -2.45. The minimum atomic E-state index is 0.0145. The van der Waals surface area contributed by atoms with Crippen LogP contribution in [0.1, 0.15) is 42.5 Å². The Morgan fingerprint density at radius 1 is 0.960 bits per heavy atom. The molecule has 3 amide bonds. The lowest BCUT2D eigenvalue weighted by atomic mass is 10.2. The molecule has 3 rings (SSSR count). The van der Waals surface area contributed by atoms with Gasteiger partial charge in [-0.3, -0.25) is 4.79 Å². The average molecular weight is 345 g/mol. The smallest absolute Gasteiger partial charge is 0.317 e. The van der Waals surface area contributed by atoms with Crippen LogP contribution in [0.5, 0.6) is 5.75 Å². The van der Waals surface area contributed by atoms with Crippen molar-refractivity contribution in [3.05, 3.63) is 29.8 Å². The van der Waals surface area contributed by atoms with Crippen LogP contribution in [0.15, 0.2) is 24.3 Å². The SMILES string of the molecule is COc1ccc(C(=O)N2CCCN(C(=O)NC3CCCC3)CC2)cc1. The summed E-state index contributed by atoms with van der Waals surface area (Å²) in [6.45, 7) is 2.53. The Bertz CT molecular complexity index is 596. The van der Waals surface area contributed by atoms with Gasteiger partial charge in [-0.05, 0) is 43.5 Å². The van der Waals surface area contributed by atoms with Gasteiger partial charge in [-0.2, -0.15) is 0 Å². The lowest BCUT2D eigenvalue weighted by Gasteiger charge is -2.24. The molecule has 0 atom stereocenters. The monoisotopic (exact) mass is 345 g/mol. The first-order chi connectivity index (χ1) is 12.2. The molecular weight excluding hydrogens is 318 g/mol. The second-order valence-electron chi connectivity index (χ2n) is 6.79. The van der Waals surface area contributed by atoms with Crippen LogP contribution in [0.2, 0.25) is 0 Å². The third-order valence-corrected chi connectivity index (χ3v) is 5.09. The predicted octanol–water partition coefficient (Wildman–Crippen LogP) is 2.50. The summed E-state index contributed by atoms with van der Waals surface area (Å²) >= 11 is 0. The van der Waals surface area contributed by atoms with Crippen LogP contribution in [0, 0.1) is 0 Å². The summed E-state index contributed by atoms with van der Waals surface area (Å²) < 4.78 is 5.13. The highest BCUT2D eigenvalue weighted by Gasteiger charge is 2.25. The summed E-state index contributed by atoms with van der Waals surface area (Å²) in [5, 5.41) is 3.13. The van der Waals surface area contributed by atoms with Gasteiger partial charge < -0.3 is 19.9 Å². The zero-order chi connectivity index (χ0) is 17.6. The number of nitrogens with one attached hydrogen (secondary N) is 1. The van der Waals surface area contributed by atoms with Crippen LogP contribution in [-0.4, -0.2) is 61.1 Å². The van der Waals surface area contributed by atoms with Crippen LogP contribution in [-0.2, 0) is 0 Å². The van der Waals surface area contributed by atoms with Gasteiger partial charge in [0.05, 0.1) is 7.11 Å². The summed E-state index contributed by atoms with van der Waals surface area (Å²) in [5.41, 5.74) is 0.657. The highest BCUT2D eigenvalue weighted by atomic mass is 16.5. The zero-order valence-corrected chi connectivity index (χ0v) is 14.9. The topological polar surface area (TPSA) is 61.9 Å². The van der Waals surface area contributed by atoms with Crippen LogP contribution < -0.4 is 10.1 Å². The fraction of sp³-hybridized carbons (Fsp3) is 0.579. The van der Waals surface area contributed by atoms with E-state index < -0.39 is 0 Å². The largest absolute Gasteiger partial charge is 0.497 e. The summed E-state index contributed by atoms with van der Waals surface area (Å²) in [6.07, 6.45) is 5.38. The summed E-state index contributed by atoms with van der Waals surface area (Å²) in [4.78, 5) is 28.8. The number of ether oxygens (including phenoxy) is 1. The number of hydrogen-bond acceptors (Lipinski definition) is 3. The van der Waals surface area contributed by atoms with Gasteiger partial charge in [0.1, 0.15) is 5.75 Å². The van der Waals surface area contributed by atoms with Gasteiger partial charge in [0, 0.05) is 37.8 Å². The van der Waals surface area contributed by atoms with E-state index in [1.165, 1.54) is 12.8 Å². The number of urea groups is 1. The van der Waals surface area contributed by atoms with Crippen molar-refractivity contribution in [1.29, 1.82) is 0 Å². The molecule has 1 aromatic rings. The highest BCUT2D eigenvalue weighted by Crippen LogP contribution is 2.18. The average Bonchev–Trinajstić information content (AvgIpc) is 3.02. The van der Waals surface area contributed by atoms with Crippen molar-refractivity contribution in [3.8, 4) is 5.75 Å². The van der Waals surface area contributed by atoms with Crippen LogP contribution in [0.25, 0.3) is 0 Å². The molecule has 2 aliphatic rings. The van der Waals surface area contributed by atoms with Crippen molar-refractivity contribution in [2.75, 3.05) is 33.3 Å². The molecule has 1 saturated heterocycles. The third kappa shape index (κ3) is 4.44. The Kier molecular flexibility index (Phi) is 5.79. The van der Waals surface area contributed by atoms with E-state index in [0.717, 1.165) is 25.0 Å². The molecule has 0 radical (unpaired) electrons. The fourth-order valence-electron chi connectivity index (χ4n) is 3.58. The number of carbonyl (C=O) groups is 2. The number of hydrogen-bond donors (Lipinski definition) is 1. The highest BCUT2D eigenvalue weighted by molar-refractivity contribution is 5.94. The molecule has 0 unspecified atom stereocenters. The Hall–Kier alpha value is -2.24. The molecule has 1 heterocycles. The molecule has 1 aliphatic carbocycles. The molecule has 136 valence electrons. The number of methoxy groups -OCH3 is 1. The van der Waals surface area contributed by atoms with E-state index in [2.05, 4.69) is 5.32 Å². The zero-order valence-electron chi connectivity index (χ0n) is 14.9. The Morgan fingerprint density at radius 3 is 2.28 bits per heavy atom. The summed E-state index contributed by atoms with van der Waals surface area (Å²) in [5.74, 6) is 0.753. The third-order valence-electron chi connectivity index (χ3n) is 5.09. The van der Waals surface area contributed by atoms with E-state index in [1.807, 2.05) is 9.80 Å². The first kappa shape index (κ1) is 17.6. The van der Waals surface area contributed by atoms with Gasteiger partial charge in [-0.1, -0.05) is 12.8 Å². The number of benzene rings is 1. The second kappa shape index (κ2) is 8.23. The molecule has 6 nitrogen and oxygen atoms in total. The van der Waals surface area contributed by atoms with Crippen molar-refractivity contribution in [3.63, 3.8) is 0 Å². The van der Waals surface area contributed by atoms with Gasteiger partial charge in [0.15, 0.2) is 0 Å². The summed E-state index contributed by atoms with van der Waals surface area (Å²) in [6, 6.07) is 7.52. The Balaban J connectivity index is 1.54. The van der Waals surface area contributed by atoms with Crippen LogP contribution in [0.4, 0.5) is 4.79 Å². The van der Waals surface area contributed by atoms with Gasteiger partial charge in [0.25, 0.3) is 5.91 Å². The standard InChI is InChI=1S/C19H27N3O3/c1-25-17-9-7-15(8-10-17)18(23)21-11-4-12-22(14-13-21)19(24)20-16-5-2-3-6-16/h7-10,16H,2-6,11-14H2,1H3,(H,20,24). The molecule has 1 aliphatic heterocycles. The Morgan fingerprint density at radius 2 is 1.60 bits per heavy atom. The van der Waals surface area contributed by atoms with E-state index in [-0.39, 0.29) is 11.9 Å². The van der Waals surface area contributed by atoms with Gasteiger partial charge in [-0.25, -0.2) is 4.79 Å². The molecule has 6 heteroatoms. The number of rotatable bonds is 3. The van der Waals surface area contributed by atoms with Crippen LogP contribution >= 0.6 is 0 Å². The van der Waals surface area contributed by atoms with E-state index >= 15 is 0 Å². The van der Waals surface area contributed by atoms with E-state index in [4.69, 9.17) is 4.74 Å². The second-order valence-corrected chi connectivity index (χ2v) is 6.79. The Labute approximate surface area is 149 Å². The van der Waals surface area contributed by atoms with E-state index in [9.17, 15) is 9.59 Å². The quantitative estimate of drug-likeness (QED) is 0.915. The molecule has 1 N–H and O–H groups in total. The molecule has 25 heavy (non-hydrogen) atoms. The molecule has 2 fully saturated rings. The van der Waals surface area contributed by atoms with Crippen molar-refractivity contribution in [2.24, 2.45) is 0 Å². The lowest BCUT2D eigenvalue weighted by molar-refractivity contribution is 0.0762. The molecular formula is C19H27N3O3. The van der Waals surface area contributed by atoms with E-state index in [0.29, 0.717) is 37.8 Å². The minimum Gasteiger partial charge on any atom is -0.497 e. The first-order valence-corrected chi connectivity index (χ1v) is 9.16. The van der Waals surface area contributed by atoms with Crippen molar-refractivity contribution in [1.82, 2.24) is 15.1 Å². The first-order valence-electron chi connectivity index (χ1n) is 9.16. The maximum Gasteiger partial charge on any atom is 0.317 e. The van der Waals surface area contributed by atoms with Crippen LogP contribution in [0.3, 0.4) is 0 Å². The molecule has 0 aromatic heterocycles. The number of amides is 3. The maximum atomic E-state index is 12.7. The molecule has 1 saturated carbocycles. The summed E-state index contributed by atoms with van der Waals surface area (Å²) in [7, 11) is 1.61. The molecule has 0 bridgehead atoms. The van der Waals surface area contributed by atoms with Crippen molar-refractivity contribution < 1.29 is 14.3 Å².